The van der Waals surface area contributed by atoms with Crippen molar-refractivity contribution < 1.29 is 43.9 Å². The zero-order valence-electron chi connectivity index (χ0n) is 14.1. The van der Waals surface area contributed by atoms with Gasteiger partial charge >= 0.3 is 17.9 Å². The van der Waals surface area contributed by atoms with Crippen molar-refractivity contribution in [1.82, 2.24) is 0 Å². The third-order valence-electron chi connectivity index (χ3n) is 2.54. The minimum Gasteiger partial charge on any atom is -0.462 e. The van der Waals surface area contributed by atoms with Crippen molar-refractivity contribution in [3.8, 4) is 0 Å². The van der Waals surface area contributed by atoms with Gasteiger partial charge in [0.25, 0.3) is 0 Å². The highest BCUT2D eigenvalue weighted by atomic mass is 16.6. The fraction of sp³-hybridized carbons (Fsp3) is 0.800. The molecule has 9 nitrogen and oxygen atoms in total. The molecular weight excluding hydrogens is 324 g/mol. The van der Waals surface area contributed by atoms with E-state index in [2.05, 4.69) is 0 Å². The van der Waals surface area contributed by atoms with Crippen molar-refractivity contribution >= 4 is 17.9 Å². The summed E-state index contributed by atoms with van der Waals surface area (Å²) in [5, 5.41) is 27.3. The summed E-state index contributed by atoms with van der Waals surface area (Å²) < 4.78 is 14.7. The molecule has 3 atom stereocenters. The smallest absolute Gasteiger partial charge is 0.308 e. The van der Waals surface area contributed by atoms with E-state index < -0.39 is 42.3 Å². The highest BCUT2D eigenvalue weighted by Gasteiger charge is 2.21. The number of hydrogen-bond donors (Lipinski definition) is 3. The van der Waals surface area contributed by atoms with E-state index >= 15 is 0 Å². The molecule has 0 aromatic heterocycles. The van der Waals surface area contributed by atoms with Crippen LogP contribution in [0.25, 0.3) is 0 Å². The Bertz CT molecular complexity index is 378. The van der Waals surface area contributed by atoms with Gasteiger partial charge in [0, 0.05) is 0 Å². The Balaban J connectivity index is 4.50. The Hall–Kier alpha value is -1.71. The van der Waals surface area contributed by atoms with Crippen LogP contribution in [-0.2, 0) is 28.6 Å². The van der Waals surface area contributed by atoms with Gasteiger partial charge in [-0.05, 0) is 20.8 Å². The van der Waals surface area contributed by atoms with Crippen molar-refractivity contribution in [2.24, 2.45) is 0 Å². The van der Waals surface area contributed by atoms with Gasteiger partial charge in [0.1, 0.15) is 13.2 Å². The Morgan fingerprint density at radius 2 is 1.04 bits per heavy atom. The average molecular weight is 350 g/mol. The van der Waals surface area contributed by atoms with Gasteiger partial charge in [-0.15, -0.1) is 0 Å². The quantitative estimate of drug-likeness (QED) is 0.326. The molecule has 0 radical (unpaired) electrons. The summed E-state index contributed by atoms with van der Waals surface area (Å²) in [6.07, 6.45) is -4.43. The molecule has 0 saturated heterocycles. The van der Waals surface area contributed by atoms with Gasteiger partial charge in [-0.25, -0.2) is 0 Å². The number of ether oxygens (including phenoxy) is 3. The predicted molar refractivity (Wildman–Crippen MR) is 80.7 cm³/mol. The second-order valence-corrected chi connectivity index (χ2v) is 5.64. The fourth-order valence-electron chi connectivity index (χ4n) is 1.56. The van der Waals surface area contributed by atoms with Gasteiger partial charge in [0.2, 0.25) is 0 Å². The molecule has 0 aliphatic heterocycles. The van der Waals surface area contributed by atoms with Gasteiger partial charge in [0.15, 0.2) is 6.10 Å². The van der Waals surface area contributed by atoms with Crippen LogP contribution in [0.15, 0.2) is 0 Å². The largest absolute Gasteiger partial charge is 0.462 e. The van der Waals surface area contributed by atoms with Crippen LogP contribution in [0.2, 0.25) is 0 Å². The number of carbonyl (C=O) groups excluding carboxylic acids is 3. The minimum absolute atomic E-state index is 0.226. The van der Waals surface area contributed by atoms with Crippen LogP contribution >= 0.6 is 0 Å². The minimum atomic E-state index is -1.05. The summed E-state index contributed by atoms with van der Waals surface area (Å²) in [6.45, 7) is 3.51. The van der Waals surface area contributed by atoms with Crippen LogP contribution in [-0.4, -0.2) is 70.9 Å². The summed E-state index contributed by atoms with van der Waals surface area (Å²) in [6, 6.07) is 0. The highest BCUT2D eigenvalue weighted by Crippen LogP contribution is 2.04. The molecule has 0 bridgehead atoms. The Kier molecular flexibility index (Phi) is 10.9. The first-order valence-electron chi connectivity index (χ1n) is 7.65. The van der Waals surface area contributed by atoms with Crippen molar-refractivity contribution in [3.63, 3.8) is 0 Å². The topological polar surface area (TPSA) is 140 Å². The van der Waals surface area contributed by atoms with Gasteiger partial charge in [-0.2, -0.15) is 0 Å². The molecule has 0 amide bonds. The number of esters is 3. The summed E-state index contributed by atoms with van der Waals surface area (Å²) in [5.74, 6) is -2.14. The second kappa shape index (κ2) is 11.8. The highest BCUT2D eigenvalue weighted by molar-refractivity contribution is 5.71. The van der Waals surface area contributed by atoms with Crippen LogP contribution < -0.4 is 0 Å². The number of aliphatic hydroxyl groups is 3. The van der Waals surface area contributed by atoms with Gasteiger partial charge in [-0.3, -0.25) is 14.4 Å². The van der Waals surface area contributed by atoms with Crippen molar-refractivity contribution in [2.75, 3.05) is 13.2 Å². The summed E-state index contributed by atoms with van der Waals surface area (Å²) in [7, 11) is 0. The average Bonchev–Trinajstić information content (AvgIpc) is 2.39. The Morgan fingerprint density at radius 3 is 1.38 bits per heavy atom. The monoisotopic (exact) mass is 350 g/mol. The van der Waals surface area contributed by atoms with Crippen LogP contribution in [0.4, 0.5) is 0 Å². The molecule has 0 spiro atoms. The van der Waals surface area contributed by atoms with Gasteiger partial charge in [-0.1, -0.05) is 0 Å². The molecule has 140 valence electrons. The van der Waals surface area contributed by atoms with E-state index in [1.54, 1.807) is 0 Å². The first-order valence-corrected chi connectivity index (χ1v) is 7.65. The number of carbonyl (C=O) groups is 3. The summed E-state index contributed by atoms with van der Waals surface area (Å²) in [4.78, 5) is 34.4. The van der Waals surface area contributed by atoms with Crippen LogP contribution in [0, 0.1) is 0 Å². The lowest BCUT2D eigenvalue weighted by Gasteiger charge is -2.19. The van der Waals surface area contributed by atoms with E-state index in [0.717, 1.165) is 0 Å². The molecule has 0 heterocycles. The number of aliphatic hydroxyl groups excluding tert-OH is 3. The predicted octanol–water partition coefficient (Wildman–Crippen LogP) is -0.703. The van der Waals surface area contributed by atoms with E-state index in [0.29, 0.717) is 0 Å². The third-order valence-corrected chi connectivity index (χ3v) is 2.54. The lowest BCUT2D eigenvalue weighted by atomic mass is 10.3. The molecule has 3 N–H and O–H groups in total. The Morgan fingerprint density at radius 1 is 0.708 bits per heavy atom. The maximum Gasteiger partial charge on any atom is 0.308 e. The second-order valence-electron chi connectivity index (χ2n) is 5.64. The fourth-order valence-corrected chi connectivity index (χ4v) is 1.56. The van der Waals surface area contributed by atoms with Gasteiger partial charge < -0.3 is 29.5 Å². The zero-order chi connectivity index (χ0) is 18.7. The van der Waals surface area contributed by atoms with E-state index in [1.807, 2.05) is 0 Å². The molecule has 0 aromatic carbocycles. The van der Waals surface area contributed by atoms with E-state index in [9.17, 15) is 14.4 Å². The molecule has 0 unspecified atom stereocenters. The van der Waals surface area contributed by atoms with E-state index in [1.165, 1.54) is 20.8 Å². The first kappa shape index (κ1) is 22.3. The molecule has 0 aromatic rings. The van der Waals surface area contributed by atoms with E-state index in [4.69, 9.17) is 29.5 Å². The molecule has 0 aliphatic carbocycles. The SMILES string of the molecule is C[C@@H](O)CC(=O)OCC(COC(=O)C[C@@H](C)O)OC(=O)C[C@@H](C)O. The van der Waals surface area contributed by atoms with Crippen molar-refractivity contribution in [1.29, 1.82) is 0 Å². The molecule has 0 rings (SSSR count). The van der Waals surface area contributed by atoms with Crippen molar-refractivity contribution in [3.05, 3.63) is 0 Å². The van der Waals surface area contributed by atoms with Crippen LogP contribution in [0.3, 0.4) is 0 Å². The summed E-state index contributed by atoms with van der Waals surface area (Å²) >= 11 is 0. The number of hydrogen-bond acceptors (Lipinski definition) is 9. The third kappa shape index (κ3) is 12.8. The molecule has 0 aliphatic rings. The number of rotatable bonds is 11. The Labute approximate surface area is 140 Å². The molecule has 0 saturated carbocycles. The zero-order valence-corrected chi connectivity index (χ0v) is 14.1. The van der Waals surface area contributed by atoms with Crippen molar-refractivity contribution in [2.45, 2.75) is 64.4 Å². The van der Waals surface area contributed by atoms with E-state index in [-0.39, 0.29) is 32.5 Å². The standard InChI is InChI=1S/C15H26O9/c1-9(16)4-13(19)22-7-12(24-15(21)6-11(3)18)8-23-14(20)5-10(2)17/h9-12,16-18H,4-8H2,1-3H3/t9-,10-,11-/m1/s1. The maximum atomic E-state index is 11.6. The normalized spacial score (nSPS) is 14.6. The molecule has 24 heavy (non-hydrogen) atoms. The molecule has 9 heteroatoms. The van der Waals surface area contributed by atoms with Gasteiger partial charge in [0.05, 0.1) is 37.6 Å². The molecular formula is C15H26O9. The maximum absolute atomic E-state index is 11.6. The first-order chi connectivity index (χ1) is 11.1. The van der Waals surface area contributed by atoms with Crippen LogP contribution in [0.5, 0.6) is 0 Å². The lowest BCUT2D eigenvalue weighted by molar-refractivity contribution is -0.169. The molecule has 0 fully saturated rings. The summed E-state index contributed by atoms with van der Waals surface area (Å²) in [5.41, 5.74) is 0. The lowest BCUT2D eigenvalue weighted by Crippen LogP contribution is -2.32. The van der Waals surface area contributed by atoms with Crippen LogP contribution in [0.1, 0.15) is 40.0 Å².